The Morgan fingerprint density at radius 2 is 1.92 bits per heavy atom. The van der Waals surface area contributed by atoms with Crippen molar-refractivity contribution in [3.63, 3.8) is 0 Å². The summed E-state index contributed by atoms with van der Waals surface area (Å²) in [5.41, 5.74) is 4.58. The molecule has 1 aliphatic heterocycles. The van der Waals surface area contributed by atoms with E-state index in [0.29, 0.717) is 18.0 Å². The summed E-state index contributed by atoms with van der Waals surface area (Å²) in [4.78, 5) is 2.72. The van der Waals surface area contributed by atoms with Gasteiger partial charge in [0.1, 0.15) is 0 Å². The van der Waals surface area contributed by atoms with E-state index in [1.54, 1.807) is 11.1 Å². The number of nitrogens with zero attached hydrogens (tertiary/aromatic N) is 1. The summed E-state index contributed by atoms with van der Waals surface area (Å²) in [5.74, 6) is 0.686. The van der Waals surface area contributed by atoms with E-state index in [-0.39, 0.29) is 0 Å². The molecular weight excluding hydrogens is 304 g/mol. The molecule has 25 heavy (non-hydrogen) atoms. The lowest BCUT2D eigenvalue weighted by Gasteiger charge is -2.35. The minimum Gasteiger partial charge on any atom is -0.368 e. The van der Waals surface area contributed by atoms with Crippen molar-refractivity contribution in [1.82, 2.24) is 10.2 Å². The van der Waals surface area contributed by atoms with Crippen molar-refractivity contribution in [1.29, 1.82) is 0 Å². The normalized spacial score (nSPS) is 26.4. The Kier molecular flexibility index (Phi) is 5.26. The number of piperidine rings is 1. The van der Waals surface area contributed by atoms with E-state index >= 15 is 0 Å². The number of hydrogen-bond acceptors (Lipinski definition) is 2. The highest BCUT2D eigenvalue weighted by Gasteiger charge is 2.28. The molecular formula is C23H32N2. The summed E-state index contributed by atoms with van der Waals surface area (Å²) in [6.07, 6.45) is 16.2. The summed E-state index contributed by atoms with van der Waals surface area (Å²) in [5, 5.41) is 3.73. The van der Waals surface area contributed by atoms with Crippen LogP contribution in [0.15, 0.2) is 48.2 Å². The Morgan fingerprint density at radius 3 is 2.56 bits per heavy atom. The molecule has 2 atom stereocenters. The first-order valence-electron chi connectivity index (χ1n) is 10.2. The molecule has 134 valence electrons. The van der Waals surface area contributed by atoms with Crippen molar-refractivity contribution in [2.45, 2.75) is 64.0 Å². The van der Waals surface area contributed by atoms with Crippen LogP contribution in [0, 0.1) is 5.92 Å². The van der Waals surface area contributed by atoms with Crippen molar-refractivity contribution >= 4 is 0 Å². The van der Waals surface area contributed by atoms with Crippen molar-refractivity contribution in [2.75, 3.05) is 13.1 Å². The predicted molar refractivity (Wildman–Crippen MR) is 106 cm³/mol. The third kappa shape index (κ3) is 4.00. The monoisotopic (exact) mass is 336 g/mol. The lowest BCUT2D eigenvalue weighted by Crippen LogP contribution is -2.41. The van der Waals surface area contributed by atoms with Gasteiger partial charge in [0, 0.05) is 24.3 Å². The van der Waals surface area contributed by atoms with Crippen LogP contribution >= 0.6 is 0 Å². The quantitative estimate of drug-likeness (QED) is 0.853. The molecule has 1 fully saturated rings. The van der Waals surface area contributed by atoms with Crippen LogP contribution in [-0.4, -0.2) is 30.1 Å². The van der Waals surface area contributed by atoms with Gasteiger partial charge in [0.25, 0.3) is 0 Å². The zero-order chi connectivity index (χ0) is 17.1. The van der Waals surface area contributed by atoms with Crippen LogP contribution in [0.3, 0.4) is 0 Å². The minimum absolute atomic E-state index is 0.630. The molecule has 1 heterocycles. The van der Waals surface area contributed by atoms with Crippen LogP contribution in [0.25, 0.3) is 0 Å². The van der Waals surface area contributed by atoms with Crippen LogP contribution < -0.4 is 5.32 Å². The second kappa shape index (κ2) is 7.78. The second-order valence-electron chi connectivity index (χ2n) is 8.16. The average molecular weight is 337 g/mol. The molecule has 2 nitrogen and oxygen atoms in total. The lowest BCUT2D eigenvalue weighted by atomic mass is 9.98. The largest absolute Gasteiger partial charge is 0.368 e. The smallest absolute Gasteiger partial charge is 0.0370 e. The zero-order valence-corrected chi connectivity index (χ0v) is 15.6. The van der Waals surface area contributed by atoms with E-state index in [0.717, 1.165) is 0 Å². The van der Waals surface area contributed by atoms with Gasteiger partial charge in [0.15, 0.2) is 0 Å². The molecule has 2 aliphatic carbocycles. The Bertz CT molecular complexity index is 614. The minimum atomic E-state index is 0.630. The fourth-order valence-electron chi connectivity index (χ4n) is 4.67. The molecule has 3 aliphatic rings. The van der Waals surface area contributed by atoms with E-state index < -0.39 is 0 Å². The molecule has 2 unspecified atom stereocenters. The van der Waals surface area contributed by atoms with Crippen LogP contribution in [-0.2, 0) is 12.8 Å². The summed E-state index contributed by atoms with van der Waals surface area (Å²) < 4.78 is 0. The van der Waals surface area contributed by atoms with E-state index in [9.17, 15) is 0 Å². The van der Waals surface area contributed by atoms with E-state index in [1.807, 2.05) is 0 Å². The SMILES string of the molecule is CC1C=CC(N(CCC2CCCCN2)C2Cc3ccccc3C2)=CC1. The molecule has 0 saturated carbocycles. The van der Waals surface area contributed by atoms with Gasteiger partial charge in [-0.1, -0.05) is 49.8 Å². The standard InChI is InChI=1S/C23H32N2/c1-18-9-11-22(12-10-18)25(15-13-21-8-4-5-14-24-21)23-16-19-6-2-3-7-20(19)17-23/h2-3,6-7,9,11-12,18,21,23-24H,4-5,8,10,13-17H2,1H3. The highest BCUT2D eigenvalue weighted by atomic mass is 15.2. The van der Waals surface area contributed by atoms with Gasteiger partial charge in [0.2, 0.25) is 0 Å². The second-order valence-corrected chi connectivity index (χ2v) is 8.16. The molecule has 0 bridgehead atoms. The molecule has 0 spiro atoms. The van der Waals surface area contributed by atoms with Crippen molar-refractivity contribution < 1.29 is 0 Å². The van der Waals surface area contributed by atoms with E-state index in [2.05, 4.69) is 59.6 Å². The summed E-state index contributed by atoms with van der Waals surface area (Å²) >= 11 is 0. The molecule has 1 saturated heterocycles. The molecule has 1 N–H and O–H groups in total. The van der Waals surface area contributed by atoms with Crippen LogP contribution in [0.4, 0.5) is 0 Å². The van der Waals surface area contributed by atoms with Crippen LogP contribution in [0.2, 0.25) is 0 Å². The molecule has 1 aromatic carbocycles. The fourth-order valence-corrected chi connectivity index (χ4v) is 4.67. The third-order valence-corrected chi connectivity index (χ3v) is 6.23. The number of allylic oxidation sites excluding steroid dienone is 3. The molecule has 1 aromatic rings. The number of benzene rings is 1. The first-order valence-corrected chi connectivity index (χ1v) is 10.2. The fraction of sp³-hybridized carbons (Fsp3) is 0.565. The van der Waals surface area contributed by atoms with Crippen molar-refractivity contribution in [3.05, 3.63) is 59.3 Å². The van der Waals surface area contributed by atoms with E-state index in [4.69, 9.17) is 0 Å². The molecule has 2 heteroatoms. The number of hydrogen-bond donors (Lipinski definition) is 1. The van der Waals surface area contributed by atoms with Gasteiger partial charge in [-0.25, -0.2) is 0 Å². The number of nitrogens with one attached hydrogen (secondary N) is 1. The van der Waals surface area contributed by atoms with Crippen molar-refractivity contribution in [3.8, 4) is 0 Å². The number of rotatable bonds is 5. The van der Waals surface area contributed by atoms with E-state index in [1.165, 1.54) is 63.7 Å². The molecule has 4 rings (SSSR count). The Balaban J connectivity index is 1.47. The van der Waals surface area contributed by atoms with Crippen LogP contribution in [0.1, 0.15) is 50.2 Å². The molecule has 0 radical (unpaired) electrons. The Labute approximate surface area is 153 Å². The van der Waals surface area contributed by atoms with Crippen LogP contribution in [0.5, 0.6) is 0 Å². The first-order chi connectivity index (χ1) is 12.3. The maximum Gasteiger partial charge on any atom is 0.0370 e. The third-order valence-electron chi connectivity index (χ3n) is 6.23. The lowest BCUT2D eigenvalue weighted by molar-refractivity contribution is 0.239. The zero-order valence-electron chi connectivity index (χ0n) is 15.6. The van der Waals surface area contributed by atoms with Gasteiger partial charge < -0.3 is 10.2 Å². The van der Waals surface area contributed by atoms with Crippen molar-refractivity contribution in [2.24, 2.45) is 5.92 Å². The van der Waals surface area contributed by atoms with Gasteiger partial charge in [-0.2, -0.15) is 0 Å². The molecule has 0 aromatic heterocycles. The van der Waals surface area contributed by atoms with Gasteiger partial charge in [-0.05, 0) is 68.2 Å². The Hall–Kier alpha value is -1.54. The summed E-state index contributed by atoms with van der Waals surface area (Å²) in [7, 11) is 0. The molecule has 0 amide bonds. The predicted octanol–water partition coefficient (Wildman–Crippen LogP) is 4.47. The summed E-state index contributed by atoms with van der Waals surface area (Å²) in [6, 6.07) is 10.4. The highest BCUT2D eigenvalue weighted by molar-refractivity contribution is 5.35. The number of fused-ring (bicyclic) bond motifs is 1. The average Bonchev–Trinajstić information content (AvgIpc) is 3.08. The van der Waals surface area contributed by atoms with Gasteiger partial charge in [-0.3, -0.25) is 0 Å². The van der Waals surface area contributed by atoms with Gasteiger partial charge in [-0.15, -0.1) is 0 Å². The summed E-state index contributed by atoms with van der Waals surface area (Å²) in [6.45, 7) is 4.70. The Morgan fingerprint density at radius 1 is 1.12 bits per heavy atom. The topological polar surface area (TPSA) is 15.3 Å². The van der Waals surface area contributed by atoms with Gasteiger partial charge >= 0.3 is 0 Å². The maximum atomic E-state index is 3.73. The highest BCUT2D eigenvalue weighted by Crippen LogP contribution is 2.30. The van der Waals surface area contributed by atoms with Gasteiger partial charge in [0.05, 0.1) is 0 Å². The first kappa shape index (κ1) is 16.9. The maximum absolute atomic E-state index is 3.73.